The van der Waals surface area contributed by atoms with Crippen molar-refractivity contribution < 1.29 is 22.3 Å². The van der Waals surface area contributed by atoms with E-state index in [-0.39, 0.29) is 0 Å². The molecule has 0 saturated heterocycles. The van der Waals surface area contributed by atoms with E-state index in [2.05, 4.69) is 0 Å². The molecule has 0 rings (SSSR count). The van der Waals surface area contributed by atoms with Crippen LogP contribution in [0.4, 0.5) is 8.78 Å². The van der Waals surface area contributed by atoms with Gasteiger partial charge in [0.15, 0.2) is 0 Å². The van der Waals surface area contributed by atoms with Gasteiger partial charge >= 0.3 is 5.25 Å². The normalized spacial score (nSPS) is 13.6. The third-order valence-electron chi connectivity index (χ3n) is 0.945. The number of hydrogen-bond donors (Lipinski definition) is 1. The Morgan fingerprint density at radius 3 is 2.00 bits per heavy atom. The molecule has 0 spiro atoms. The van der Waals surface area contributed by atoms with Crippen molar-refractivity contribution in [3.63, 3.8) is 0 Å². The van der Waals surface area contributed by atoms with Crippen molar-refractivity contribution >= 4 is 9.84 Å². The molecule has 10 heavy (non-hydrogen) atoms. The smallest absolute Gasteiger partial charge is 0.347 e. The molecule has 0 aliphatic rings. The summed E-state index contributed by atoms with van der Waals surface area (Å²) in [5.41, 5.74) is 0. The highest BCUT2D eigenvalue weighted by Gasteiger charge is 2.40. The van der Waals surface area contributed by atoms with Crippen molar-refractivity contribution in [3.05, 3.63) is 0 Å². The van der Waals surface area contributed by atoms with E-state index in [1.807, 2.05) is 0 Å². The van der Waals surface area contributed by atoms with Crippen molar-refractivity contribution in [2.75, 3.05) is 12.9 Å². The SMILES string of the molecule is CS(=O)(=O)C(F)(F)CCO. The van der Waals surface area contributed by atoms with Crippen molar-refractivity contribution in [2.24, 2.45) is 0 Å². The molecular weight excluding hydrogens is 166 g/mol. The summed E-state index contributed by atoms with van der Waals surface area (Å²) in [4.78, 5) is 0. The topological polar surface area (TPSA) is 54.4 Å². The second kappa shape index (κ2) is 2.79. The number of sulfone groups is 1. The number of hydrogen-bond acceptors (Lipinski definition) is 3. The van der Waals surface area contributed by atoms with Crippen LogP contribution in [0.2, 0.25) is 0 Å². The maximum absolute atomic E-state index is 12.2. The molecule has 0 aliphatic carbocycles. The van der Waals surface area contributed by atoms with Crippen LogP contribution in [0.1, 0.15) is 6.42 Å². The number of aliphatic hydroxyl groups excluding tert-OH is 1. The molecular formula is C4H8F2O3S. The summed E-state index contributed by atoms with van der Waals surface area (Å²) < 4.78 is 44.7. The molecule has 62 valence electrons. The Morgan fingerprint density at radius 2 is 1.90 bits per heavy atom. The van der Waals surface area contributed by atoms with Crippen LogP contribution >= 0.6 is 0 Å². The molecule has 0 saturated carbocycles. The Morgan fingerprint density at radius 1 is 1.50 bits per heavy atom. The highest BCUT2D eigenvalue weighted by molar-refractivity contribution is 7.91. The van der Waals surface area contributed by atoms with E-state index in [0.717, 1.165) is 0 Å². The molecule has 0 atom stereocenters. The number of rotatable bonds is 3. The summed E-state index contributed by atoms with van der Waals surface area (Å²) in [6.07, 6.45) is -0.603. The lowest BCUT2D eigenvalue weighted by Gasteiger charge is -2.11. The lowest BCUT2D eigenvalue weighted by molar-refractivity contribution is 0.0614. The Hall–Kier alpha value is -0.230. The molecule has 0 aliphatic heterocycles. The van der Waals surface area contributed by atoms with Crippen LogP contribution in [0.15, 0.2) is 0 Å². The minimum atomic E-state index is -4.36. The maximum Gasteiger partial charge on any atom is 0.347 e. The van der Waals surface area contributed by atoms with Gasteiger partial charge in [-0.15, -0.1) is 0 Å². The largest absolute Gasteiger partial charge is 0.396 e. The molecule has 0 aromatic rings. The quantitative estimate of drug-likeness (QED) is 0.655. The van der Waals surface area contributed by atoms with Crippen LogP contribution in [-0.4, -0.2) is 31.6 Å². The van der Waals surface area contributed by atoms with Crippen LogP contribution in [-0.2, 0) is 9.84 Å². The lowest BCUT2D eigenvalue weighted by atomic mass is 10.5. The molecule has 0 amide bonds. The maximum atomic E-state index is 12.2. The second-order valence-electron chi connectivity index (χ2n) is 1.88. The Kier molecular flexibility index (Phi) is 2.73. The molecule has 6 heteroatoms. The summed E-state index contributed by atoms with van der Waals surface area (Å²) in [6.45, 7) is -0.833. The van der Waals surface area contributed by atoms with Crippen molar-refractivity contribution in [2.45, 2.75) is 11.7 Å². The summed E-state index contributed by atoms with van der Waals surface area (Å²) in [6, 6.07) is 0. The molecule has 1 N–H and O–H groups in total. The molecule has 0 bridgehead atoms. The van der Waals surface area contributed by atoms with Crippen molar-refractivity contribution in [1.82, 2.24) is 0 Å². The number of aliphatic hydroxyl groups is 1. The minimum Gasteiger partial charge on any atom is -0.396 e. The van der Waals surface area contributed by atoms with Gasteiger partial charge in [-0.1, -0.05) is 0 Å². The van der Waals surface area contributed by atoms with E-state index < -0.39 is 28.1 Å². The second-order valence-corrected chi connectivity index (χ2v) is 4.02. The number of alkyl halides is 2. The van der Waals surface area contributed by atoms with Gasteiger partial charge in [-0.2, -0.15) is 8.78 Å². The summed E-state index contributed by atoms with van der Waals surface area (Å²) in [7, 11) is -4.36. The Balaban J connectivity index is 4.42. The van der Waals surface area contributed by atoms with E-state index in [4.69, 9.17) is 5.11 Å². The molecule has 0 aromatic carbocycles. The van der Waals surface area contributed by atoms with Crippen LogP contribution in [0.5, 0.6) is 0 Å². The Bertz CT molecular complexity index is 197. The number of halogens is 2. The van der Waals surface area contributed by atoms with Crippen LogP contribution in [0, 0.1) is 0 Å². The highest BCUT2D eigenvalue weighted by Crippen LogP contribution is 2.23. The van der Waals surface area contributed by atoms with Gasteiger partial charge in [0.2, 0.25) is 9.84 Å². The van der Waals surface area contributed by atoms with Gasteiger partial charge in [-0.05, 0) is 0 Å². The molecule has 0 fully saturated rings. The third-order valence-corrected chi connectivity index (χ3v) is 2.23. The van der Waals surface area contributed by atoms with E-state index in [9.17, 15) is 17.2 Å². The van der Waals surface area contributed by atoms with E-state index in [1.165, 1.54) is 0 Å². The summed E-state index contributed by atoms with van der Waals surface area (Å²) >= 11 is 0. The van der Waals surface area contributed by atoms with Gasteiger partial charge in [0.05, 0.1) is 0 Å². The van der Waals surface area contributed by atoms with Gasteiger partial charge in [0, 0.05) is 19.3 Å². The first kappa shape index (κ1) is 9.77. The third kappa shape index (κ3) is 2.18. The zero-order valence-corrected chi connectivity index (χ0v) is 6.16. The first-order chi connectivity index (χ1) is 4.31. The van der Waals surface area contributed by atoms with Crippen LogP contribution in [0.3, 0.4) is 0 Å². The zero-order chi connectivity index (χ0) is 8.41. The van der Waals surface area contributed by atoms with Crippen LogP contribution in [0.25, 0.3) is 0 Å². The average Bonchev–Trinajstić information content (AvgIpc) is 1.61. The fourth-order valence-corrected chi connectivity index (χ4v) is 0.778. The van der Waals surface area contributed by atoms with Gasteiger partial charge in [0.1, 0.15) is 0 Å². The minimum absolute atomic E-state index is 0.433. The van der Waals surface area contributed by atoms with E-state index in [1.54, 1.807) is 0 Å². The van der Waals surface area contributed by atoms with Crippen LogP contribution < -0.4 is 0 Å². The summed E-state index contributed by atoms with van der Waals surface area (Å²) in [5, 5.41) is 4.23. The van der Waals surface area contributed by atoms with E-state index >= 15 is 0 Å². The average molecular weight is 174 g/mol. The monoisotopic (exact) mass is 174 g/mol. The fourth-order valence-electron chi connectivity index (χ4n) is 0.316. The summed E-state index contributed by atoms with van der Waals surface area (Å²) in [5.74, 6) is 0. The highest BCUT2D eigenvalue weighted by atomic mass is 32.2. The van der Waals surface area contributed by atoms with Gasteiger partial charge in [-0.3, -0.25) is 0 Å². The predicted molar refractivity (Wildman–Crippen MR) is 31.5 cm³/mol. The molecule has 0 heterocycles. The Labute approximate surface area is 57.6 Å². The van der Waals surface area contributed by atoms with Gasteiger partial charge < -0.3 is 5.11 Å². The van der Waals surface area contributed by atoms with Crippen molar-refractivity contribution in [3.8, 4) is 0 Å². The lowest BCUT2D eigenvalue weighted by Crippen LogP contribution is -2.28. The molecule has 0 radical (unpaired) electrons. The van der Waals surface area contributed by atoms with Gasteiger partial charge in [-0.25, -0.2) is 8.42 Å². The predicted octanol–water partition coefficient (Wildman–Crippen LogP) is 0.00620. The fraction of sp³-hybridized carbons (Fsp3) is 1.00. The molecule has 0 aromatic heterocycles. The first-order valence-electron chi connectivity index (χ1n) is 2.49. The molecule has 3 nitrogen and oxygen atoms in total. The van der Waals surface area contributed by atoms with Gasteiger partial charge in [0.25, 0.3) is 0 Å². The first-order valence-corrected chi connectivity index (χ1v) is 4.38. The van der Waals surface area contributed by atoms with Crippen molar-refractivity contribution in [1.29, 1.82) is 0 Å². The molecule has 0 unspecified atom stereocenters. The zero-order valence-electron chi connectivity index (χ0n) is 5.34. The van der Waals surface area contributed by atoms with E-state index in [0.29, 0.717) is 6.26 Å². The standard InChI is InChI=1S/C4H8F2O3S/c1-10(8,9)4(5,6)2-3-7/h7H,2-3H2,1H3.